The number of para-hydroxylation sites is 3. The number of nitrogens with two attached hydrogens (primary N) is 2. The number of alkyl halides is 2. The Kier molecular flexibility index (Phi) is 36.2. The smallest absolute Gasteiger partial charge is 0.274 e. The number of carbonyl (C=O) groups excluding carboxylic acids is 3. The largest absolute Gasteiger partial charge is 0.398 e. The standard InChI is InChI=1S/C24H24N6OS.C20H13ClN4OS.C11H6Cl2N2O.C9H8N2S.C4H12N2.C4H8O.CH2Cl2.CH4/c1-30(2)14-12-25-21-16-20(27-22(29-21)17-8-4-3-5-9-17)23(31)28-19-11-7-6-10-18(19)24-26-13-15-32-24;21-17-12-16(23-18(25-17)13-6-2-1-3-7-13)19(26)24-15-9-5-4-8-14(15)20-22-10-11-27-20;12-9-6-8(10(13)16)14-11(15-9)7-4-2-1-3-5-7;10-8-4-2-1-3-7(8)9-11-5-6-12-9;1-6(2)4-3-5;1-2-4-5-3-1;2-1-3;/h3-11,13,15-16H,12,14H2,1-2H3,(H,28,31)(H,25,27,29);1-12H,(H,24,26);1-6H;1-6H,10H2;3-5H2,1-2H3;1-4H2;1H2;1H4. The van der Waals surface area contributed by atoms with E-state index in [-0.39, 0.29) is 46.3 Å². The number of rotatable bonds is 17. The monoisotopic (exact) mass is 1520 g/mol. The molecule has 0 aliphatic carbocycles. The van der Waals surface area contributed by atoms with Crippen LogP contribution in [0.5, 0.6) is 0 Å². The average molecular weight is 1530 g/mol. The summed E-state index contributed by atoms with van der Waals surface area (Å²) in [6.07, 6.45) is 7.82. The summed E-state index contributed by atoms with van der Waals surface area (Å²) < 4.78 is 4.94. The zero-order valence-electron chi connectivity index (χ0n) is 55.5. The molecule has 0 atom stereocenters. The number of aromatic nitrogens is 9. The number of thiazole rings is 3. The van der Waals surface area contributed by atoms with E-state index in [2.05, 4.69) is 70.6 Å². The fraction of sp³-hybridized carbons (Fsp3) is 0.189. The van der Waals surface area contributed by atoms with Crippen LogP contribution in [-0.4, -0.2) is 145 Å². The number of halogens is 5. The molecule has 1 saturated heterocycles. The van der Waals surface area contributed by atoms with Gasteiger partial charge in [-0.15, -0.1) is 57.2 Å². The van der Waals surface area contributed by atoms with Gasteiger partial charge in [-0.3, -0.25) is 14.4 Å². The van der Waals surface area contributed by atoms with Crippen molar-refractivity contribution in [3.63, 3.8) is 0 Å². The zero-order valence-corrected chi connectivity index (χ0v) is 61.7. The van der Waals surface area contributed by atoms with E-state index >= 15 is 0 Å². The lowest BCUT2D eigenvalue weighted by atomic mass is 10.1. The molecule has 102 heavy (non-hydrogen) atoms. The molecule has 1 aliphatic heterocycles. The van der Waals surface area contributed by atoms with Gasteiger partial charge >= 0.3 is 0 Å². The van der Waals surface area contributed by atoms with Crippen molar-refractivity contribution in [3.05, 3.63) is 244 Å². The summed E-state index contributed by atoms with van der Waals surface area (Å²) in [5, 5.41) is 17.5. The van der Waals surface area contributed by atoms with E-state index in [0.29, 0.717) is 46.9 Å². The number of nitrogen functional groups attached to an aromatic ring is 1. The number of carbonyl (C=O) groups is 3. The van der Waals surface area contributed by atoms with E-state index < -0.39 is 5.24 Å². The quantitative estimate of drug-likeness (QED) is 0.0245. The van der Waals surface area contributed by atoms with Crippen molar-refractivity contribution >= 4 is 132 Å². The predicted octanol–water partition coefficient (Wildman–Crippen LogP) is 17.6. The molecule has 6 aromatic carbocycles. The molecule has 0 spiro atoms. The molecular weight excluding hydrogens is 1450 g/mol. The Morgan fingerprint density at radius 3 is 1.25 bits per heavy atom. The highest BCUT2D eigenvalue weighted by Gasteiger charge is 2.19. The van der Waals surface area contributed by atoms with Crippen molar-refractivity contribution in [2.24, 2.45) is 5.73 Å². The molecule has 13 rings (SSSR count). The molecule has 0 unspecified atom stereocenters. The normalized spacial score (nSPS) is 10.9. The first-order chi connectivity index (χ1) is 49.0. The molecule has 1 fully saturated rings. The van der Waals surface area contributed by atoms with Gasteiger partial charge in [0.15, 0.2) is 17.5 Å². The van der Waals surface area contributed by atoms with Gasteiger partial charge in [-0.25, -0.2) is 44.9 Å². The van der Waals surface area contributed by atoms with Crippen LogP contribution < -0.4 is 27.4 Å². The van der Waals surface area contributed by atoms with Gasteiger partial charge in [0.2, 0.25) is 0 Å². The lowest BCUT2D eigenvalue weighted by Crippen LogP contribution is -2.22. The van der Waals surface area contributed by atoms with Crippen LogP contribution in [0.2, 0.25) is 10.3 Å². The minimum Gasteiger partial charge on any atom is -0.398 e. The fourth-order valence-corrected chi connectivity index (χ4v) is 11.2. The predicted molar refractivity (Wildman–Crippen MR) is 424 cm³/mol. The minimum absolute atomic E-state index is 0. The van der Waals surface area contributed by atoms with Crippen LogP contribution >= 0.6 is 92.0 Å². The highest BCUT2D eigenvalue weighted by Crippen LogP contribution is 2.32. The third kappa shape index (κ3) is 27.7. The van der Waals surface area contributed by atoms with Crippen LogP contribution in [0.15, 0.2) is 217 Å². The molecule has 2 amide bonds. The maximum absolute atomic E-state index is 13.2. The van der Waals surface area contributed by atoms with E-state index in [1.54, 1.807) is 36.0 Å². The number of nitrogens with zero attached hydrogens (tertiary/aromatic N) is 11. The summed E-state index contributed by atoms with van der Waals surface area (Å²) >= 11 is 31.4. The van der Waals surface area contributed by atoms with E-state index in [1.165, 1.54) is 47.6 Å². The maximum atomic E-state index is 13.2. The second-order valence-electron chi connectivity index (χ2n) is 21.5. The van der Waals surface area contributed by atoms with E-state index in [1.807, 2.05) is 208 Å². The fourth-order valence-electron chi connectivity index (χ4n) is 8.72. The summed E-state index contributed by atoms with van der Waals surface area (Å²) in [4.78, 5) is 79.8. The van der Waals surface area contributed by atoms with Crippen molar-refractivity contribution in [2.45, 2.75) is 20.3 Å². The number of benzene rings is 6. The van der Waals surface area contributed by atoms with E-state index in [4.69, 9.17) is 74.2 Å². The number of amides is 2. The maximum Gasteiger partial charge on any atom is 0.274 e. The van der Waals surface area contributed by atoms with Crippen LogP contribution in [0.25, 0.3) is 65.9 Å². The third-order valence-electron chi connectivity index (χ3n) is 13.4. The van der Waals surface area contributed by atoms with Crippen LogP contribution in [-0.2, 0) is 4.74 Å². The molecule has 7 N–H and O–H groups in total. The van der Waals surface area contributed by atoms with Crippen molar-refractivity contribution < 1.29 is 19.1 Å². The van der Waals surface area contributed by atoms with Gasteiger partial charge in [0.1, 0.15) is 48.2 Å². The van der Waals surface area contributed by atoms with E-state index in [9.17, 15) is 14.4 Å². The Hall–Kier alpha value is -9.05. The SMILES string of the molecule is C.C1CCOC1.CN(C)CCN.CN(C)CCNc1cc(C(=O)Nc2ccccc2-c2nccs2)nc(-c2ccccc2)n1.ClCCl.Nc1ccccc1-c1nccs1.O=C(Cl)c1cc(Cl)nc(-c2ccccc2)n1.O=C(Nc1ccccc1-c1nccs1)c1cc(Cl)nc(-c2ccccc2)n1. The molecule has 7 heterocycles. The molecule has 1 aliphatic rings. The Labute approximate surface area is 631 Å². The average Bonchev–Trinajstić information content (AvgIpc) is 0.975. The first-order valence-electron chi connectivity index (χ1n) is 31.2. The molecule has 12 aromatic rings. The minimum atomic E-state index is -0.651. The lowest BCUT2D eigenvalue weighted by Gasteiger charge is -2.13. The molecule has 0 radical (unpaired) electrons. The van der Waals surface area contributed by atoms with Crippen molar-refractivity contribution in [3.8, 4) is 65.9 Å². The van der Waals surface area contributed by atoms with Gasteiger partial charge in [-0.05, 0) is 89.0 Å². The summed E-state index contributed by atoms with van der Waals surface area (Å²) in [5.41, 5.74) is 18.9. The Balaban J connectivity index is 0.000000209. The van der Waals surface area contributed by atoms with Gasteiger partial charge in [-0.2, -0.15) is 0 Å². The van der Waals surface area contributed by atoms with E-state index in [0.717, 1.165) is 86.9 Å². The number of hydrogen-bond acceptors (Lipinski definition) is 21. The van der Waals surface area contributed by atoms with Crippen LogP contribution in [0.1, 0.15) is 51.7 Å². The van der Waals surface area contributed by atoms with Crippen molar-refractivity contribution in [2.75, 3.05) is 94.6 Å². The van der Waals surface area contributed by atoms with Gasteiger partial charge in [-0.1, -0.05) is 158 Å². The van der Waals surface area contributed by atoms with Crippen LogP contribution in [0.4, 0.5) is 22.9 Å². The Morgan fingerprint density at radius 2 is 0.873 bits per heavy atom. The number of nitrogens with one attached hydrogen (secondary N) is 3. The molecule has 28 heteroatoms. The van der Waals surface area contributed by atoms with Gasteiger partial charge in [0.05, 0.1) is 16.7 Å². The summed E-state index contributed by atoms with van der Waals surface area (Å²) in [6.45, 7) is 5.28. The lowest BCUT2D eigenvalue weighted by molar-refractivity contribution is 0.101. The summed E-state index contributed by atoms with van der Waals surface area (Å²) in [7, 11) is 8.03. The molecule has 0 bridgehead atoms. The summed E-state index contributed by atoms with van der Waals surface area (Å²) in [6, 6.07) is 55.6. The van der Waals surface area contributed by atoms with Gasteiger partial charge in [0.25, 0.3) is 17.1 Å². The van der Waals surface area contributed by atoms with Gasteiger partial charge < -0.3 is 42.0 Å². The second kappa shape index (κ2) is 45.0. The Morgan fingerprint density at radius 1 is 0.500 bits per heavy atom. The topological polar surface area (TPSA) is 271 Å². The molecular formula is C74H77Cl5N16O4S3. The van der Waals surface area contributed by atoms with Gasteiger partial charge in [0, 0.05) is 131 Å². The molecule has 530 valence electrons. The third-order valence-corrected chi connectivity index (χ3v) is 16.4. The molecule has 6 aromatic heterocycles. The number of likely N-dealkylation sites (N-methyl/N-ethyl adjacent to an activating group) is 2. The van der Waals surface area contributed by atoms with Crippen molar-refractivity contribution in [1.29, 1.82) is 0 Å². The highest BCUT2D eigenvalue weighted by molar-refractivity contribution is 7.13. The molecule has 20 nitrogen and oxygen atoms in total. The first-order valence-corrected chi connectivity index (χ1v) is 36.0. The molecule has 0 saturated carbocycles. The second-order valence-corrected chi connectivity index (χ2v) is 26.1. The zero-order chi connectivity index (χ0) is 72.1. The summed E-state index contributed by atoms with van der Waals surface area (Å²) in [5.74, 6) is 1.24. The highest BCUT2D eigenvalue weighted by atomic mass is 35.5. The first kappa shape index (κ1) is 81.9. The van der Waals surface area contributed by atoms with Crippen LogP contribution in [0, 0.1) is 0 Å². The number of hydrogen-bond donors (Lipinski definition) is 5. The van der Waals surface area contributed by atoms with Crippen LogP contribution in [0.3, 0.4) is 0 Å². The number of anilines is 4. The Bertz CT molecular complexity index is 4410. The van der Waals surface area contributed by atoms with Crippen molar-refractivity contribution in [1.82, 2.24) is 54.7 Å². The number of ether oxygens (including phenoxy) is 1.